The van der Waals surface area contributed by atoms with Crippen molar-refractivity contribution in [1.29, 1.82) is 0 Å². The first-order chi connectivity index (χ1) is 11.2. The highest BCUT2D eigenvalue weighted by Gasteiger charge is 2.06. The highest BCUT2D eigenvalue weighted by Crippen LogP contribution is 2.28. The van der Waals surface area contributed by atoms with E-state index >= 15 is 0 Å². The molecular weight excluding hydrogens is 290 g/mol. The fourth-order valence-corrected chi connectivity index (χ4v) is 2.29. The molecule has 124 valence electrons. The molecular formula is C19H25NO3. The van der Waals surface area contributed by atoms with Gasteiger partial charge in [0.1, 0.15) is 0 Å². The van der Waals surface area contributed by atoms with E-state index in [1.165, 1.54) is 5.56 Å². The maximum atomic E-state index is 9.26. The summed E-state index contributed by atoms with van der Waals surface area (Å²) in [6.07, 6.45) is 0.513. The van der Waals surface area contributed by atoms with Gasteiger partial charge in [0.25, 0.3) is 0 Å². The van der Waals surface area contributed by atoms with Gasteiger partial charge in [-0.3, -0.25) is 0 Å². The Hall–Kier alpha value is -2.04. The van der Waals surface area contributed by atoms with Crippen LogP contribution in [0.3, 0.4) is 0 Å². The van der Waals surface area contributed by atoms with E-state index in [4.69, 9.17) is 9.47 Å². The van der Waals surface area contributed by atoms with E-state index in [0.717, 1.165) is 23.5 Å². The molecule has 4 nitrogen and oxygen atoms in total. The van der Waals surface area contributed by atoms with Crippen LogP contribution in [-0.4, -0.2) is 31.5 Å². The smallest absolute Gasteiger partial charge is 0.161 e. The highest BCUT2D eigenvalue weighted by atomic mass is 16.5. The molecule has 23 heavy (non-hydrogen) atoms. The monoisotopic (exact) mass is 315 g/mol. The van der Waals surface area contributed by atoms with Crippen LogP contribution in [0.25, 0.3) is 0 Å². The second-order valence-electron chi connectivity index (χ2n) is 5.55. The molecule has 0 bridgehead atoms. The van der Waals surface area contributed by atoms with Crippen LogP contribution in [0.1, 0.15) is 18.1 Å². The van der Waals surface area contributed by atoms with Crippen molar-refractivity contribution in [2.24, 2.45) is 0 Å². The molecule has 0 heterocycles. The van der Waals surface area contributed by atoms with Crippen LogP contribution >= 0.6 is 0 Å². The van der Waals surface area contributed by atoms with Crippen LogP contribution in [0.4, 0.5) is 0 Å². The molecule has 2 N–H and O–H groups in total. The summed E-state index contributed by atoms with van der Waals surface area (Å²) in [6.45, 7) is 3.63. The van der Waals surface area contributed by atoms with Crippen molar-refractivity contribution in [2.75, 3.05) is 20.3 Å². The predicted octanol–water partition coefficient (Wildman–Crippen LogP) is 2.79. The SMILES string of the molecule is COc1cc(CNC[C@H](C)O)ccc1OCCc1ccccc1. The largest absolute Gasteiger partial charge is 0.493 e. The minimum Gasteiger partial charge on any atom is -0.493 e. The Labute approximate surface area is 138 Å². The Morgan fingerprint density at radius 1 is 1.04 bits per heavy atom. The van der Waals surface area contributed by atoms with E-state index in [2.05, 4.69) is 17.4 Å². The molecule has 0 aliphatic carbocycles. The number of hydrogen-bond donors (Lipinski definition) is 2. The van der Waals surface area contributed by atoms with Crippen molar-refractivity contribution in [3.63, 3.8) is 0 Å². The fourth-order valence-electron chi connectivity index (χ4n) is 2.29. The molecule has 2 aromatic rings. The second kappa shape index (κ2) is 9.18. The van der Waals surface area contributed by atoms with Gasteiger partial charge in [-0.25, -0.2) is 0 Å². The van der Waals surface area contributed by atoms with Crippen molar-refractivity contribution in [1.82, 2.24) is 5.32 Å². The number of aliphatic hydroxyl groups excluding tert-OH is 1. The summed E-state index contributed by atoms with van der Waals surface area (Å²) in [5.74, 6) is 1.48. The number of methoxy groups -OCH3 is 1. The number of rotatable bonds is 9. The van der Waals surface area contributed by atoms with Crippen molar-refractivity contribution in [3.8, 4) is 11.5 Å². The van der Waals surface area contributed by atoms with Gasteiger partial charge in [0.05, 0.1) is 19.8 Å². The molecule has 0 saturated heterocycles. The minimum atomic E-state index is -0.350. The molecule has 0 aromatic heterocycles. The molecule has 0 radical (unpaired) electrons. The Bertz CT molecular complexity index is 584. The first-order valence-electron chi connectivity index (χ1n) is 7.91. The first-order valence-corrected chi connectivity index (χ1v) is 7.91. The van der Waals surface area contributed by atoms with E-state index in [-0.39, 0.29) is 6.10 Å². The van der Waals surface area contributed by atoms with Gasteiger partial charge in [0.2, 0.25) is 0 Å². The van der Waals surface area contributed by atoms with Crippen molar-refractivity contribution in [2.45, 2.75) is 26.0 Å². The van der Waals surface area contributed by atoms with Crippen LogP contribution in [0.5, 0.6) is 11.5 Å². The van der Waals surface area contributed by atoms with Crippen LogP contribution in [0, 0.1) is 0 Å². The molecule has 0 fully saturated rings. The third-order valence-electron chi connectivity index (χ3n) is 3.49. The molecule has 0 amide bonds. The quantitative estimate of drug-likeness (QED) is 0.747. The molecule has 0 saturated carbocycles. The van der Waals surface area contributed by atoms with E-state index in [0.29, 0.717) is 19.7 Å². The molecule has 2 aromatic carbocycles. The van der Waals surface area contributed by atoms with Gasteiger partial charge in [-0.1, -0.05) is 36.4 Å². The zero-order chi connectivity index (χ0) is 16.5. The molecule has 0 unspecified atom stereocenters. The summed E-state index contributed by atoms with van der Waals surface area (Å²) in [5, 5.41) is 12.4. The summed E-state index contributed by atoms with van der Waals surface area (Å²) in [7, 11) is 1.65. The standard InChI is InChI=1S/C19H25NO3/c1-15(21)13-20-14-17-8-9-18(19(12-17)22-2)23-11-10-16-6-4-3-5-7-16/h3-9,12,15,20-21H,10-11,13-14H2,1-2H3/t15-/m0/s1. The number of benzene rings is 2. The van der Waals surface area contributed by atoms with Gasteiger partial charge in [-0.2, -0.15) is 0 Å². The topological polar surface area (TPSA) is 50.7 Å². The molecule has 4 heteroatoms. The Kier molecular flexibility index (Phi) is 6.91. The Morgan fingerprint density at radius 3 is 2.52 bits per heavy atom. The Balaban J connectivity index is 1.88. The maximum Gasteiger partial charge on any atom is 0.161 e. The third-order valence-corrected chi connectivity index (χ3v) is 3.49. The van der Waals surface area contributed by atoms with Crippen molar-refractivity contribution in [3.05, 3.63) is 59.7 Å². The van der Waals surface area contributed by atoms with Gasteiger partial charge >= 0.3 is 0 Å². The van der Waals surface area contributed by atoms with E-state index in [9.17, 15) is 5.11 Å². The molecule has 0 aliphatic heterocycles. The lowest BCUT2D eigenvalue weighted by Crippen LogP contribution is -2.23. The minimum absolute atomic E-state index is 0.350. The summed E-state index contributed by atoms with van der Waals surface area (Å²) < 4.78 is 11.3. The van der Waals surface area contributed by atoms with Gasteiger partial charge in [-0.05, 0) is 30.2 Å². The summed E-state index contributed by atoms with van der Waals surface area (Å²) >= 11 is 0. The average Bonchev–Trinajstić information content (AvgIpc) is 2.56. The number of ether oxygens (including phenoxy) is 2. The van der Waals surface area contributed by atoms with Crippen molar-refractivity contribution >= 4 is 0 Å². The van der Waals surface area contributed by atoms with Gasteiger partial charge in [0, 0.05) is 19.5 Å². The lowest BCUT2D eigenvalue weighted by Gasteiger charge is -2.13. The summed E-state index contributed by atoms with van der Waals surface area (Å²) in [5.41, 5.74) is 2.35. The lowest BCUT2D eigenvalue weighted by molar-refractivity contribution is 0.191. The highest BCUT2D eigenvalue weighted by molar-refractivity contribution is 5.43. The fraction of sp³-hybridized carbons (Fsp3) is 0.368. The number of aliphatic hydroxyl groups is 1. The van der Waals surface area contributed by atoms with Crippen LogP contribution in [-0.2, 0) is 13.0 Å². The second-order valence-corrected chi connectivity index (χ2v) is 5.55. The Morgan fingerprint density at radius 2 is 1.83 bits per heavy atom. The van der Waals surface area contributed by atoms with E-state index in [1.807, 2.05) is 36.4 Å². The average molecular weight is 315 g/mol. The van der Waals surface area contributed by atoms with Crippen LogP contribution in [0.15, 0.2) is 48.5 Å². The van der Waals surface area contributed by atoms with E-state index in [1.54, 1.807) is 14.0 Å². The van der Waals surface area contributed by atoms with Crippen LogP contribution < -0.4 is 14.8 Å². The van der Waals surface area contributed by atoms with Gasteiger partial charge in [0.15, 0.2) is 11.5 Å². The van der Waals surface area contributed by atoms with Gasteiger partial charge < -0.3 is 19.9 Å². The normalized spacial score (nSPS) is 12.0. The molecule has 0 spiro atoms. The maximum absolute atomic E-state index is 9.26. The lowest BCUT2D eigenvalue weighted by atomic mass is 10.1. The van der Waals surface area contributed by atoms with Crippen LogP contribution in [0.2, 0.25) is 0 Å². The first kappa shape index (κ1) is 17.3. The predicted molar refractivity (Wildman–Crippen MR) is 92.0 cm³/mol. The van der Waals surface area contributed by atoms with Gasteiger partial charge in [-0.15, -0.1) is 0 Å². The molecule has 2 rings (SSSR count). The molecule has 0 aliphatic rings. The number of nitrogens with one attached hydrogen (secondary N) is 1. The zero-order valence-corrected chi connectivity index (χ0v) is 13.8. The number of hydrogen-bond acceptors (Lipinski definition) is 4. The summed E-state index contributed by atoms with van der Waals surface area (Å²) in [4.78, 5) is 0. The summed E-state index contributed by atoms with van der Waals surface area (Å²) in [6, 6.07) is 16.2. The van der Waals surface area contributed by atoms with Crippen molar-refractivity contribution < 1.29 is 14.6 Å². The zero-order valence-electron chi connectivity index (χ0n) is 13.8. The third kappa shape index (κ3) is 5.93. The van der Waals surface area contributed by atoms with E-state index < -0.39 is 0 Å². The molecule has 1 atom stereocenters.